The number of carbonyl (C=O) groups excluding carboxylic acids is 1. The number of phenols is 1. The summed E-state index contributed by atoms with van der Waals surface area (Å²) in [7, 11) is 0. The normalized spacial score (nSPS) is 14.9. The van der Waals surface area contributed by atoms with Crippen LogP contribution < -0.4 is 10.4 Å². The molecule has 3 N–H and O–H groups in total. The van der Waals surface area contributed by atoms with Gasteiger partial charge in [-0.1, -0.05) is 45.0 Å². The van der Waals surface area contributed by atoms with Crippen molar-refractivity contribution in [1.82, 2.24) is 4.98 Å². The maximum atomic E-state index is 13.0. The molecular weight excluding hydrogens is 446 g/mol. The van der Waals surface area contributed by atoms with E-state index < -0.39 is 11.9 Å². The number of aromatic carboxylic acids is 1. The Morgan fingerprint density at radius 1 is 1.03 bits per heavy atom. The smallest absolute Gasteiger partial charge is 0.354 e. The van der Waals surface area contributed by atoms with Gasteiger partial charge in [0.25, 0.3) is 0 Å². The minimum Gasteiger partial charge on any atom is -0.505 e. The number of aromatic nitrogens is 1. The highest BCUT2D eigenvalue weighted by Crippen LogP contribution is 2.35. The Labute approximate surface area is 202 Å². The van der Waals surface area contributed by atoms with Crippen LogP contribution in [0, 0.1) is 0 Å². The summed E-state index contributed by atoms with van der Waals surface area (Å²) in [6.45, 7) is 8.03. The highest BCUT2D eigenvalue weighted by molar-refractivity contribution is 6.71. The summed E-state index contributed by atoms with van der Waals surface area (Å²) in [6.07, 6.45) is 0. The predicted molar refractivity (Wildman–Crippen MR) is 135 cm³/mol. The van der Waals surface area contributed by atoms with Gasteiger partial charge in [-0.2, -0.15) is 15.2 Å². The van der Waals surface area contributed by atoms with Gasteiger partial charge in [-0.15, -0.1) is 0 Å². The lowest BCUT2D eigenvalue weighted by Crippen LogP contribution is -2.28. The van der Waals surface area contributed by atoms with E-state index in [2.05, 4.69) is 41.4 Å². The molecule has 0 saturated heterocycles. The lowest BCUT2D eigenvalue weighted by molar-refractivity contribution is -0.112. The largest absolute Gasteiger partial charge is 0.505 e. The maximum absolute atomic E-state index is 13.0. The van der Waals surface area contributed by atoms with Crippen molar-refractivity contribution in [2.75, 3.05) is 10.4 Å². The maximum Gasteiger partial charge on any atom is 0.354 e. The number of hydrazone groups is 2. The van der Waals surface area contributed by atoms with E-state index in [1.54, 1.807) is 37.3 Å². The third-order valence-electron chi connectivity index (χ3n) is 5.53. The quantitative estimate of drug-likeness (QED) is 0.367. The van der Waals surface area contributed by atoms with Crippen molar-refractivity contribution in [3.63, 3.8) is 0 Å². The van der Waals surface area contributed by atoms with Crippen molar-refractivity contribution >= 4 is 34.7 Å². The van der Waals surface area contributed by atoms with Crippen LogP contribution in [0.2, 0.25) is 0 Å². The van der Waals surface area contributed by atoms with Crippen LogP contribution in [-0.2, 0) is 10.2 Å². The van der Waals surface area contributed by atoms with Crippen LogP contribution in [0.25, 0.3) is 11.3 Å². The second-order valence-corrected chi connectivity index (χ2v) is 9.09. The number of hydrogen-bond acceptors (Lipinski definition) is 7. The number of carboxylic acids is 1. The zero-order valence-electron chi connectivity index (χ0n) is 19.8. The van der Waals surface area contributed by atoms with Gasteiger partial charge in [-0.05, 0) is 54.3 Å². The molecule has 0 atom stereocenters. The molecule has 0 saturated carbocycles. The first kappa shape index (κ1) is 23.6. The molecule has 9 heteroatoms. The number of carbonyl (C=O) groups is 2. The van der Waals surface area contributed by atoms with Gasteiger partial charge >= 0.3 is 11.9 Å². The van der Waals surface area contributed by atoms with Gasteiger partial charge < -0.3 is 10.2 Å². The summed E-state index contributed by atoms with van der Waals surface area (Å²) >= 11 is 0. The first-order chi connectivity index (χ1) is 16.6. The first-order valence-corrected chi connectivity index (χ1v) is 10.9. The number of aromatic hydroxyl groups is 1. The van der Waals surface area contributed by atoms with E-state index in [4.69, 9.17) is 0 Å². The molecule has 1 aliphatic heterocycles. The Balaban J connectivity index is 1.57. The van der Waals surface area contributed by atoms with Crippen LogP contribution in [0.4, 0.5) is 11.4 Å². The summed E-state index contributed by atoms with van der Waals surface area (Å²) in [5.74, 6) is -1.74. The second-order valence-electron chi connectivity index (χ2n) is 9.09. The van der Waals surface area contributed by atoms with Gasteiger partial charge in [0.1, 0.15) is 11.4 Å². The van der Waals surface area contributed by atoms with Crippen molar-refractivity contribution in [2.45, 2.75) is 33.1 Å². The lowest BCUT2D eigenvalue weighted by atomic mass is 9.87. The minimum atomic E-state index is -1.17. The molecule has 3 aromatic rings. The molecule has 9 nitrogen and oxygen atoms in total. The van der Waals surface area contributed by atoms with Crippen molar-refractivity contribution in [1.29, 1.82) is 0 Å². The average Bonchev–Trinajstić information content (AvgIpc) is 3.11. The number of anilines is 2. The van der Waals surface area contributed by atoms with E-state index in [1.807, 2.05) is 24.3 Å². The van der Waals surface area contributed by atoms with E-state index >= 15 is 0 Å². The molecule has 2 aromatic carbocycles. The molecule has 1 amide bonds. The van der Waals surface area contributed by atoms with Gasteiger partial charge in [0.05, 0.1) is 22.8 Å². The number of hydrogen-bond donors (Lipinski definition) is 3. The van der Waals surface area contributed by atoms with Gasteiger partial charge in [0.2, 0.25) is 0 Å². The lowest BCUT2D eigenvalue weighted by Gasteiger charge is -2.20. The minimum absolute atomic E-state index is 0.00965. The number of rotatable bonds is 5. The summed E-state index contributed by atoms with van der Waals surface area (Å²) in [5, 5.41) is 29.8. The highest BCUT2D eigenvalue weighted by atomic mass is 16.4. The topological polar surface area (TPSA) is 127 Å². The zero-order chi connectivity index (χ0) is 25.3. The Morgan fingerprint density at radius 3 is 2.37 bits per heavy atom. The number of para-hydroxylation sites is 1. The molecule has 0 aliphatic carbocycles. The molecule has 1 aromatic heterocycles. The van der Waals surface area contributed by atoms with Gasteiger partial charge in [0, 0.05) is 5.56 Å². The fourth-order valence-electron chi connectivity index (χ4n) is 3.56. The standard InChI is InChI=1S/C26H25N5O4/c1-15-22(24(33)31(30-15)17-13-11-16(12-14-17)26(2,3)4)29-28-20-9-5-7-18(23(20)32)19-8-6-10-21(27-19)25(34)35/h5-14,28,32H,1-4H3,(H,34,35). The van der Waals surface area contributed by atoms with Crippen LogP contribution in [0.15, 0.2) is 70.9 Å². The number of nitrogens with zero attached hydrogens (tertiary/aromatic N) is 4. The summed E-state index contributed by atoms with van der Waals surface area (Å²) in [4.78, 5) is 28.3. The van der Waals surface area contributed by atoms with Crippen molar-refractivity contribution in [3.05, 3.63) is 71.9 Å². The summed E-state index contributed by atoms with van der Waals surface area (Å²) in [6, 6.07) is 17.0. The third-order valence-corrected chi connectivity index (χ3v) is 5.53. The molecule has 0 spiro atoms. The third kappa shape index (κ3) is 4.74. The van der Waals surface area contributed by atoms with E-state index in [1.165, 1.54) is 11.1 Å². The second kappa shape index (κ2) is 9.02. The molecule has 4 rings (SSSR count). The molecule has 0 radical (unpaired) electrons. The monoisotopic (exact) mass is 471 g/mol. The first-order valence-electron chi connectivity index (χ1n) is 10.9. The molecule has 35 heavy (non-hydrogen) atoms. The zero-order valence-corrected chi connectivity index (χ0v) is 19.8. The number of carboxylic acid groups (broad SMARTS) is 1. The van der Waals surface area contributed by atoms with Gasteiger partial charge in [0.15, 0.2) is 5.71 Å². The number of nitrogens with one attached hydrogen (secondary N) is 1. The predicted octanol–water partition coefficient (Wildman–Crippen LogP) is 4.64. The Bertz CT molecular complexity index is 1370. The SMILES string of the molecule is CC1=NN(c2ccc(C(C)(C)C)cc2)C(=O)C1=NNc1cccc(-c2cccc(C(=O)O)n2)c1O. The Morgan fingerprint density at radius 2 is 1.71 bits per heavy atom. The number of phenolic OH excluding ortho intramolecular Hbond substituents is 1. The van der Waals surface area contributed by atoms with E-state index in [-0.39, 0.29) is 28.3 Å². The number of pyridine rings is 1. The average molecular weight is 472 g/mol. The summed E-state index contributed by atoms with van der Waals surface area (Å²) < 4.78 is 0. The van der Waals surface area contributed by atoms with Gasteiger partial charge in [-0.25, -0.2) is 9.78 Å². The number of amides is 1. The molecule has 0 unspecified atom stereocenters. The molecule has 0 fully saturated rings. The van der Waals surface area contributed by atoms with Crippen LogP contribution in [0.5, 0.6) is 5.75 Å². The molecule has 2 heterocycles. The van der Waals surface area contributed by atoms with Crippen LogP contribution >= 0.6 is 0 Å². The molecular formula is C26H25N5O4. The highest BCUT2D eigenvalue weighted by Gasteiger charge is 2.31. The van der Waals surface area contributed by atoms with Crippen molar-refractivity contribution in [2.24, 2.45) is 10.2 Å². The Kier molecular flexibility index (Phi) is 6.09. The number of benzene rings is 2. The van der Waals surface area contributed by atoms with Crippen LogP contribution in [-0.4, -0.2) is 38.5 Å². The van der Waals surface area contributed by atoms with Crippen molar-refractivity contribution < 1.29 is 19.8 Å². The van der Waals surface area contributed by atoms with Crippen LogP contribution in [0.3, 0.4) is 0 Å². The van der Waals surface area contributed by atoms with Crippen LogP contribution in [0.1, 0.15) is 43.7 Å². The van der Waals surface area contributed by atoms with E-state index in [0.29, 0.717) is 22.7 Å². The van der Waals surface area contributed by atoms with Crippen molar-refractivity contribution in [3.8, 4) is 17.0 Å². The van der Waals surface area contributed by atoms with Gasteiger partial charge in [-0.3, -0.25) is 10.2 Å². The fraction of sp³-hybridized carbons (Fsp3) is 0.192. The molecule has 1 aliphatic rings. The van der Waals surface area contributed by atoms with E-state index in [9.17, 15) is 19.8 Å². The molecule has 0 bridgehead atoms. The molecule has 178 valence electrons. The Hall–Kier alpha value is -4.53. The summed E-state index contributed by atoms with van der Waals surface area (Å²) in [5.41, 5.74) is 5.72. The fourth-order valence-corrected chi connectivity index (χ4v) is 3.56. The van der Waals surface area contributed by atoms with E-state index in [0.717, 1.165) is 5.56 Å².